The molecule has 2 saturated heterocycles. The molecule has 124 valence electrons. The second-order valence-electron chi connectivity index (χ2n) is 6.42. The van der Waals surface area contributed by atoms with Crippen LogP contribution in [0.1, 0.15) is 10.9 Å². The largest absolute Gasteiger partial charge is 0.388 e. The number of aliphatic hydroxyl groups is 1. The van der Waals surface area contributed by atoms with E-state index in [0.717, 1.165) is 5.82 Å². The minimum atomic E-state index is -0.532. The molecule has 0 aliphatic carbocycles. The molecule has 5 rings (SSSR count). The van der Waals surface area contributed by atoms with Gasteiger partial charge in [-0.15, -0.1) is 11.3 Å². The second kappa shape index (κ2) is 5.39. The average Bonchev–Trinajstić information content (AvgIpc) is 3.31. The molecule has 5 nitrogen and oxygen atoms in total. The minimum Gasteiger partial charge on any atom is -0.388 e. The summed E-state index contributed by atoms with van der Waals surface area (Å²) < 4.78 is 15.0. The van der Waals surface area contributed by atoms with Crippen LogP contribution in [-0.4, -0.2) is 46.2 Å². The SMILES string of the molecule is Cc1sc2ccccc2c1-c1nccn1[C@H]1CO[C@H]2[C@@H]1OC[C@H]2O. The van der Waals surface area contributed by atoms with Crippen molar-refractivity contribution in [3.8, 4) is 11.4 Å². The normalized spacial score (nSPS) is 29.4. The Morgan fingerprint density at radius 3 is 2.96 bits per heavy atom. The Morgan fingerprint density at radius 1 is 1.21 bits per heavy atom. The molecular weight excluding hydrogens is 324 g/mol. The molecule has 2 fully saturated rings. The van der Waals surface area contributed by atoms with Crippen LogP contribution in [0.4, 0.5) is 0 Å². The lowest BCUT2D eigenvalue weighted by molar-refractivity contribution is 0.0172. The van der Waals surface area contributed by atoms with Gasteiger partial charge < -0.3 is 19.1 Å². The molecule has 3 aromatic rings. The van der Waals surface area contributed by atoms with E-state index < -0.39 is 6.10 Å². The summed E-state index contributed by atoms with van der Waals surface area (Å²) in [6, 6.07) is 8.47. The third-order valence-corrected chi connectivity index (χ3v) is 6.11. The fourth-order valence-electron chi connectivity index (χ4n) is 3.92. The van der Waals surface area contributed by atoms with Crippen molar-refractivity contribution in [2.45, 2.75) is 31.3 Å². The van der Waals surface area contributed by atoms with Gasteiger partial charge >= 0.3 is 0 Å². The summed E-state index contributed by atoms with van der Waals surface area (Å²) in [5.41, 5.74) is 1.18. The van der Waals surface area contributed by atoms with Crippen molar-refractivity contribution >= 4 is 21.4 Å². The van der Waals surface area contributed by atoms with Crippen LogP contribution in [0.5, 0.6) is 0 Å². The second-order valence-corrected chi connectivity index (χ2v) is 7.67. The highest BCUT2D eigenvalue weighted by Gasteiger charge is 2.48. The predicted molar refractivity (Wildman–Crippen MR) is 92.3 cm³/mol. The molecule has 2 aromatic heterocycles. The molecule has 2 aliphatic heterocycles. The standard InChI is InChI=1S/C18H18N2O3S/c1-10-15(11-4-2-3-5-14(11)24-10)18-19-6-7-20(18)12-8-22-17-13(21)9-23-16(12)17/h2-7,12-13,16-17,21H,8-9H2,1H3/t12-,13+,16+,17+/m0/s1. The van der Waals surface area contributed by atoms with E-state index in [2.05, 4.69) is 40.7 Å². The monoisotopic (exact) mass is 342 g/mol. The molecule has 0 amide bonds. The number of imidazole rings is 1. The summed E-state index contributed by atoms with van der Waals surface area (Å²) in [6.45, 7) is 3.02. The van der Waals surface area contributed by atoms with Crippen LogP contribution >= 0.6 is 11.3 Å². The molecule has 24 heavy (non-hydrogen) atoms. The van der Waals surface area contributed by atoms with Gasteiger partial charge in [0.15, 0.2) is 0 Å². The van der Waals surface area contributed by atoms with Gasteiger partial charge in [-0.1, -0.05) is 18.2 Å². The van der Waals surface area contributed by atoms with Gasteiger partial charge in [-0.05, 0) is 13.0 Å². The summed E-state index contributed by atoms with van der Waals surface area (Å²) >= 11 is 1.79. The highest BCUT2D eigenvalue weighted by atomic mass is 32.1. The van der Waals surface area contributed by atoms with Crippen LogP contribution in [0.25, 0.3) is 21.5 Å². The molecule has 0 radical (unpaired) electrons. The quantitative estimate of drug-likeness (QED) is 0.778. The van der Waals surface area contributed by atoms with Gasteiger partial charge in [-0.2, -0.15) is 0 Å². The lowest BCUT2D eigenvalue weighted by Crippen LogP contribution is -2.30. The molecule has 2 aliphatic rings. The number of fused-ring (bicyclic) bond motifs is 2. The third-order valence-electron chi connectivity index (χ3n) is 5.02. The van der Waals surface area contributed by atoms with E-state index >= 15 is 0 Å². The third kappa shape index (κ3) is 2.01. The minimum absolute atomic E-state index is 0.0442. The van der Waals surface area contributed by atoms with E-state index in [9.17, 15) is 5.11 Å². The van der Waals surface area contributed by atoms with Gasteiger partial charge in [0.1, 0.15) is 24.1 Å². The van der Waals surface area contributed by atoms with Crippen molar-refractivity contribution in [2.75, 3.05) is 13.2 Å². The number of nitrogens with zero attached hydrogens (tertiary/aromatic N) is 2. The van der Waals surface area contributed by atoms with Gasteiger partial charge in [0.05, 0.1) is 19.3 Å². The van der Waals surface area contributed by atoms with Crippen LogP contribution < -0.4 is 0 Å². The first-order chi connectivity index (χ1) is 11.7. The van der Waals surface area contributed by atoms with Gasteiger partial charge in [-0.3, -0.25) is 0 Å². The summed E-state index contributed by atoms with van der Waals surface area (Å²) in [6.07, 6.45) is 2.95. The fraction of sp³-hybridized carbons (Fsp3) is 0.389. The maximum Gasteiger partial charge on any atom is 0.142 e. The Morgan fingerprint density at radius 2 is 2.04 bits per heavy atom. The van der Waals surface area contributed by atoms with Crippen molar-refractivity contribution in [3.05, 3.63) is 41.5 Å². The maximum atomic E-state index is 9.98. The number of hydrogen-bond donors (Lipinski definition) is 1. The Kier molecular flexibility index (Phi) is 3.28. The number of benzene rings is 1. The predicted octanol–water partition coefficient (Wildman–Crippen LogP) is 2.77. The van der Waals surface area contributed by atoms with Crippen LogP contribution in [0.3, 0.4) is 0 Å². The van der Waals surface area contributed by atoms with E-state index in [4.69, 9.17) is 9.47 Å². The summed E-state index contributed by atoms with van der Waals surface area (Å²) in [4.78, 5) is 5.90. The molecule has 0 bridgehead atoms. The summed E-state index contributed by atoms with van der Waals surface area (Å²) in [5, 5.41) is 11.2. The molecule has 0 unspecified atom stereocenters. The molecule has 6 heteroatoms. The fourth-order valence-corrected chi connectivity index (χ4v) is 4.98. The van der Waals surface area contributed by atoms with Crippen molar-refractivity contribution in [1.29, 1.82) is 0 Å². The number of aromatic nitrogens is 2. The number of aliphatic hydroxyl groups excluding tert-OH is 1. The zero-order valence-electron chi connectivity index (χ0n) is 13.3. The number of hydrogen-bond acceptors (Lipinski definition) is 5. The van der Waals surface area contributed by atoms with Crippen molar-refractivity contribution < 1.29 is 14.6 Å². The van der Waals surface area contributed by atoms with E-state index in [-0.39, 0.29) is 18.2 Å². The van der Waals surface area contributed by atoms with Crippen LogP contribution in [-0.2, 0) is 9.47 Å². The first-order valence-corrected chi connectivity index (χ1v) is 8.98. The van der Waals surface area contributed by atoms with E-state index in [1.165, 1.54) is 20.5 Å². The molecule has 0 spiro atoms. The first-order valence-electron chi connectivity index (χ1n) is 8.16. The van der Waals surface area contributed by atoms with Gasteiger partial charge in [0.2, 0.25) is 0 Å². The zero-order valence-corrected chi connectivity index (χ0v) is 14.1. The van der Waals surface area contributed by atoms with E-state index in [1.54, 1.807) is 11.3 Å². The molecule has 4 heterocycles. The van der Waals surface area contributed by atoms with Crippen molar-refractivity contribution in [1.82, 2.24) is 9.55 Å². The highest BCUT2D eigenvalue weighted by Crippen LogP contribution is 2.41. The van der Waals surface area contributed by atoms with Crippen LogP contribution in [0.15, 0.2) is 36.7 Å². The molecule has 4 atom stereocenters. The van der Waals surface area contributed by atoms with Crippen molar-refractivity contribution in [2.24, 2.45) is 0 Å². The van der Waals surface area contributed by atoms with Crippen molar-refractivity contribution in [3.63, 3.8) is 0 Å². The average molecular weight is 342 g/mol. The van der Waals surface area contributed by atoms with Gasteiger partial charge in [0, 0.05) is 32.9 Å². The van der Waals surface area contributed by atoms with Gasteiger partial charge in [0.25, 0.3) is 0 Å². The lowest BCUT2D eigenvalue weighted by Gasteiger charge is -2.19. The highest BCUT2D eigenvalue weighted by molar-refractivity contribution is 7.19. The lowest BCUT2D eigenvalue weighted by atomic mass is 10.1. The Labute approximate surface area is 143 Å². The number of aryl methyl sites for hydroxylation is 1. The summed E-state index contributed by atoms with van der Waals surface area (Å²) in [7, 11) is 0. The van der Waals surface area contributed by atoms with E-state index in [1.807, 2.05) is 12.4 Å². The maximum absolute atomic E-state index is 9.98. The van der Waals surface area contributed by atoms with Crippen LogP contribution in [0, 0.1) is 6.92 Å². The molecular formula is C18H18N2O3S. The first kappa shape index (κ1) is 14.6. The smallest absolute Gasteiger partial charge is 0.142 e. The Hall–Kier alpha value is -1.73. The number of ether oxygens (including phenoxy) is 2. The van der Waals surface area contributed by atoms with E-state index in [0.29, 0.717) is 13.2 Å². The summed E-state index contributed by atoms with van der Waals surface area (Å²) in [5.74, 6) is 0.948. The molecule has 1 N–H and O–H groups in total. The molecule has 1 aromatic carbocycles. The van der Waals surface area contributed by atoms with Crippen LogP contribution in [0.2, 0.25) is 0 Å². The Bertz CT molecular complexity index is 903. The number of rotatable bonds is 2. The molecule has 0 saturated carbocycles. The number of thiophene rings is 1. The van der Waals surface area contributed by atoms with Gasteiger partial charge in [-0.25, -0.2) is 4.98 Å². The topological polar surface area (TPSA) is 56.5 Å². The Balaban J connectivity index is 1.62. The zero-order chi connectivity index (χ0) is 16.3.